The number of hydrogen-bond donors (Lipinski definition) is 2. The average Bonchev–Trinajstić information content (AvgIpc) is 3.03. The summed E-state index contributed by atoms with van der Waals surface area (Å²) in [4.78, 5) is 12.3. The second kappa shape index (κ2) is 6.77. The van der Waals surface area contributed by atoms with E-state index in [1.165, 1.54) is 11.3 Å². The Kier molecular flexibility index (Phi) is 4.69. The van der Waals surface area contributed by atoms with Crippen LogP contribution in [0.2, 0.25) is 0 Å². The van der Waals surface area contributed by atoms with E-state index in [-0.39, 0.29) is 12.6 Å². The van der Waals surface area contributed by atoms with Crippen LogP contribution in [0.1, 0.15) is 16.3 Å². The van der Waals surface area contributed by atoms with Crippen LogP contribution in [0, 0.1) is 6.92 Å². The van der Waals surface area contributed by atoms with Gasteiger partial charge in [-0.05, 0) is 36.2 Å². The molecule has 130 valence electrons. The SMILES string of the molecule is Cc1cc(Nc2nccc(C(F)(F)F)n2)cc(-c2cnc(CO)s2)c1. The van der Waals surface area contributed by atoms with Crippen molar-refractivity contribution in [3.05, 3.63) is 52.9 Å². The van der Waals surface area contributed by atoms with E-state index in [0.29, 0.717) is 10.7 Å². The summed E-state index contributed by atoms with van der Waals surface area (Å²) < 4.78 is 38.2. The van der Waals surface area contributed by atoms with E-state index in [9.17, 15) is 13.2 Å². The van der Waals surface area contributed by atoms with Crippen LogP contribution >= 0.6 is 11.3 Å². The number of benzene rings is 1. The molecule has 0 atom stereocenters. The highest BCUT2D eigenvalue weighted by Gasteiger charge is 2.32. The molecule has 0 spiro atoms. The van der Waals surface area contributed by atoms with Crippen LogP contribution in [0.4, 0.5) is 24.8 Å². The minimum atomic E-state index is -4.53. The number of hydrogen-bond acceptors (Lipinski definition) is 6. The molecule has 2 aromatic heterocycles. The van der Waals surface area contributed by atoms with Gasteiger partial charge in [-0.15, -0.1) is 11.3 Å². The van der Waals surface area contributed by atoms with Gasteiger partial charge in [-0.25, -0.2) is 15.0 Å². The molecule has 1 aromatic carbocycles. The van der Waals surface area contributed by atoms with Crippen molar-refractivity contribution < 1.29 is 18.3 Å². The lowest BCUT2D eigenvalue weighted by Gasteiger charge is -2.10. The van der Waals surface area contributed by atoms with Crippen LogP contribution in [0.3, 0.4) is 0 Å². The number of aromatic nitrogens is 3. The number of nitrogens with zero attached hydrogens (tertiary/aromatic N) is 3. The first-order valence-electron chi connectivity index (χ1n) is 7.20. The van der Waals surface area contributed by atoms with Gasteiger partial charge in [0.2, 0.25) is 5.95 Å². The largest absolute Gasteiger partial charge is 0.433 e. The summed E-state index contributed by atoms with van der Waals surface area (Å²) in [6.07, 6.45) is -1.82. The van der Waals surface area contributed by atoms with Crippen molar-refractivity contribution >= 4 is 23.0 Å². The molecule has 0 saturated heterocycles. The summed E-state index contributed by atoms with van der Waals surface area (Å²) in [5.74, 6) is -0.133. The molecular formula is C16H13F3N4OS. The van der Waals surface area contributed by atoms with E-state index in [2.05, 4.69) is 20.3 Å². The van der Waals surface area contributed by atoms with Crippen molar-refractivity contribution in [2.45, 2.75) is 19.7 Å². The van der Waals surface area contributed by atoms with Crippen LogP contribution in [0.15, 0.2) is 36.7 Å². The van der Waals surface area contributed by atoms with E-state index in [1.54, 1.807) is 18.3 Å². The summed E-state index contributed by atoms with van der Waals surface area (Å²) in [6.45, 7) is 1.73. The molecule has 0 aliphatic heterocycles. The Labute approximate surface area is 145 Å². The molecule has 0 saturated carbocycles. The maximum Gasteiger partial charge on any atom is 0.433 e. The molecule has 0 radical (unpaired) electrons. The summed E-state index contributed by atoms with van der Waals surface area (Å²) in [5, 5.41) is 12.5. The molecule has 3 aromatic rings. The van der Waals surface area contributed by atoms with Crippen molar-refractivity contribution in [1.82, 2.24) is 15.0 Å². The highest BCUT2D eigenvalue weighted by molar-refractivity contribution is 7.15. The first kappa shape index (κ1) is 17.3. The van der Waals surface area contributed by atoms with Crippen LogP contribution < -0.4 is 5.32 Å². The highest BCUT2D eigenvalue weighted by atomic mass is 32.1. The Morgan fingerprint density at radius 3 is 2.68 bits per heavy atom. The van der Waals surface area contributed by atoms with Crippen molar-refractivity contribution in [3.63, 3.8) is 0 Å². The number of nitrogens with one attached hydrogen (secondary N) is 1. The van der Waals surface area contributed by atoms with Gasteiger partial charge in [-0.1, -0.05) is 6.07 Å². The second-order valence-corrected chi connectivity index (χ2v) is 6.37. The van der Waals surface area contributed by atoms with Gasteiger partial charge in [0.15, 0.2) is 0 Å². The Morgan fingerprint density at radius 2 is 2.00 bits per heavy atom. The Morgan fingerprint density at radius 1 is 1.20 bits per heavy atom. The van der Waals surface area contributed by atoms with E-state index >= 15 is 0 Å². The number of thiazole rings is 1. The predicted octanol–water partition coefficient (Wildman–Crippen LogP) is 4.16. The predicted molar refractivity (Wildman–Crippen MR) is 88.5 cm³/mol. The fourth-order valence-corrected chi connectivity index (χ4v) is 2.99. The van der Waals surface area contributed by atoms with Gasteiger partial charge in [0, 0.05) is 18.1 Å². The van der Waals surface area contributed by atoms with Crippen LogP contribution in [0.25, 0.3) is 10.4 Å². The molecule has 3 rings (SSSR count). The fraction of sp³-hybridized carbons (Fsp3) is 0.188. The lowest BCUT2D eigenvalue weighted by Crippen LogP contribution is -2.10. The smallest absolute Gasteiger partial charge is 0.389 e. The number of alkyl halides is 3. The van der Waals surface area contributed by atoms with E-state index in [4.69, 9.17) is 5.11 Å². The number of aryl methyl sites for hydroxylation is 1. The molecule has 9 heteroatoms. The second-order valence-electron chi connectivity index (χ2n) is 5.25. The van der Waals surface area contributed by atoms with Gasteiger partial charge in [0.25, 0.3) is 0 Å². The summed E-state index contributed by atoms with van der Waals surface area (Å²) >= 11 is 1.35. The number of aliphatic hydroxyl groups is 1. The average molecular weight is 366 g/mol. The Balaban J connectivity index is 1.91. The zero-order valence-electron chi connectivity index (χ0n) is 13.0. The zero-order valence-corrected chi connectivity index (χ0v) is 13.8. The topological polar surface area (TPSA) is 70.9 Å². The molecule has 25 heavy (non-hydrogen) atoms. The molecule has 2 N–H and O–H groups in total. The quantitative estimate of drug-likeness (QED) is 0.725. The highest BCUT2D eigenvalue weighted by Crippen LogP contribution is 2.31. The molecule has 0 bridgehead atoms. The van der Waals surface area contributed by atoms with Crippen molar-refractivity contribution in [2.24, 2.45) is 0 Å². The molecule has 0 fully saturated rings. The first-order valence-corrected chi connectivity index (χ1v) is 8.02. The van der Waals surface area contributed by atoms with Gasteiger partial charge >= 0.3 is 6.18 Å². The minimum absolute atomic E-state index is 0.133. The summed E-state index contributed by atoms with van der Waals surface area (Å²) in [7, 11) is 0. The standard InChI is InChI=1S/C16H13F3N4OS/c1-9-4-10(12-7-21-14(8-24)25-12)6-11(5-9)22-15-20-3-2-13(23-15)16(17,18)19/h2-7,24H,8H2,1H3,(H,20,22,23). The molecule has 0 aliphatic carbocycles. The van der Waals surface area contributed by atoms with Gasteiger partial charge in [0.05, 0.1) is 11.5 Å². The van der Waals surface area contributed by atoms with Crippen LogP contribution in [-0.2, 0) is 12.8 Å². The fourth-order valence-electron chi connectivity index (χ4n) is 2.22. The number of aliphatic hydroxyl groups excluding tert-OH is 1. The maximum absolute atomic E-state index is 12.7. The zero-order chi connectivity index (χ0) is 18.0. The number of rotatable bonds is 4. The van der Waals surface area contributed by atoms with Gasteiger partial charge in [-0.2, -0.15) is 13.2 Å². The summed E-state index contributed by atoms with van der Waals surface area (Å²) in [5.41, 5.74) is 1.30. The summed E-state index contributed by atoms with van der Waals surface area (Å²) in [6, 6.07) is 6.29. The Hall–Kier alpha value is -2.52. The molecule has 0 unspecified atom stereocenters. The third-order valence-electron chi connectivity index (χ3n) is 3.25. The van der Waals surface area contributed by atoms with Gasteiger partial charge < -0.3 is 10.4 Å². The van der Waals surface area contributed by atoms with E-state index in [0.717, 1.165) is 28.3 Å². The molecule has 2 heterocycles. The molecule has 5 nitrogen and oxygen atoms in total. The maximum atomic E-state index is 12.7. The lowest BCUT2D eigenvalue weighted by atomic mass is 10.1. The monoisotopic (exact) mass is 366 g/mol. The van der Waals surface area contributed by atoms with Gasteiger partial charge in [0.1, 0.15) is 10.7 Å². The van der Waals surface area contributed by atoms with Crippen LogP contribution in [-0.4, -0.2) is 20.1 Å². The van der Waals surface area contributed by atoms with E-state index in [1.807, 2.05) is 13.0 Å². The van der Waals surface area contributed by atoms with Crippen LogP contribution in [0.5, 0.6) is 0 Å². The Bertz CT molecular complexity index is 895. The molecule has 0 aliphatic rings. The first-order chi connectivity index (χ1) is 11.8. The minimum Gasteiger partial charge on any atom is -0.389 e. The number of anilines is 2. The van der Waals surface area contributed by atoms with Crippen molar-refractivity contribution in [2.75, 3.05) is 5.32 Å². The number of halogens is 3. The van der Waals surface area contributed by atoms with Gasteiger partial charge in [-0.3, -0.25) is 0 Å². The van der Waals surface area contributed by atoms with Crippen molar-refractivity contribution in [3.8, 4) is 10.4 Å². The lowest BCUT2D eigenvalue weighted by molar-refractivity contribution is -0.141. The van der Waals surface area contributed by atoms with E-state index < -0.39 is 11.9 Å². The molecular weight excluding hydrogens is 353 g/mol. The third-order valence-corrected chi connectivity index (χ3v) is 4.28. The normalized spacial score (nSPS) is 11.6. The molecule has 0 amide bonds. The van der Waals surface area contributed by atoms with Crippen molar-refractivity contribution in [1.29, 1.82) is 0 Å². The third kappa shape index (κ3) is 4.12.